The van der Waals surface area contributed by atoms with Crippen molar-refractivity contribution in [3.8, 4) is 0 Å². The molecule has 2 aromatic carbocycles. The molecule has 0 radical (unpaired) electrons. The first kappa shape index (κ1) is 16.5. The van der Waals surface area contributed by atoms with Crippen LogP contribution in [0.5, 0.6) is 0 Å². The summed E-state index contributed by atoms with van der Waals surface area (Å²) >= 11 is 1.61. The Hall–Kier alpha value is -2.40. The number of anilines is 1. The van der Waals surface area contributed by atoms with E-state index in [0.29, 0.717) is 13.1 Å². The second-order valence-corrected chi connectivity index (χ2v) is 6.77. The van der Waals surface area contributed by atoms with Gasteiger partial charge in [-0.15, -0.1) is 0 Å². The molecule has 0 aliphatic rings. The number of nitrogens with one attached hydrogen (secondary N) is 1. The molecule has 1 heterocycles. The molecule has 0 saturated carbocycles. The number of carbonyl (C=O) groups is 1. The molecule has 24 heavy (non-hydrogen) atoms. The predicted molar refractivity (Wildman–Crippen MR) is 101 cm³/mol. The smallest absolute Gasteiger partial charge is 0.239 e. The highest BCUT2D eigenvalue weighted by molar-refractivity contribution is 7.22. The van der Waals surface area contributed by atoms with E-state index in [0.717, 1.165) is 28.2 Å². The van der Waals surface area contributed by atoms with E-state index in [9.17, 15) is 4.79 Å². The van der Waals surface area contributed by atoms with Crippen LogP contribution in [0.3, 0.4) is 0 Å². The fourth-order valence-electron chi connectivity index (χ4n) is 2.53. The first-order valence-electron chi connectivity index (χ1n) is 8.10. The van der Waals surface area contributed by atoms with Gasteiger partial charge in [-0.05, 0) is 30.5 Å². The van der Waals surface area contributed by atoms with E-state index in [4.69, 9.17) is 0 Å². The van der Waals surface area contributed by atoms with Crippen LogP contribution in [0.15, 0.2) is 54.6 Å². The van der Waals surface area contributed by atoms with Gasteiger partial charge < -0.3 is 10.2 Å². The number of hydrogen-bond donors (Lipinski definition) is 1. The molecule has 1 amide bonds. The molecule has 0 spiro atoms. The lowest BCUT2D eigenvalue weighted by molar-refractivity contribution is -0.119. The minimum Gasteiger partial charge on any atom is -0.355 e. The zero-order valence-corrected chi connectivity index (χ0v) is 14.6. The third-order valence-electron chi connectivity index (χ3n) is 3.80. The van der Waals surface area contributed by atoms with E-state index < -0.39 is 0 Å². The zero-order chi connectivity index (χ0) is 16.8. The molecule has 1 N–H and O–H groups in total. The van der Waals surface area contributed by atoms with Crippen LogP contribution in [-0.2, 0) is 11.2 Å². The van der Waals surface area contributed by atoms with Crippen molar-refractivity contribution in [2.24, 2.45) is 0 Å². The van der Waals surface area contributed by atoms with E-state index >= 15 is 0 Å². The maximum absolute atomic E-state index is 12.1. The molecular formula is C19H21N3OS. The number of nitrogens with zero attached hydrogens (tertiary/aromatic N) is 2. The first-order chi connectivity index (χ1) is 11.7. The summed E-state index contributed by atoms with van der Waals surface area (Å²) in [5.41, 5.74) is 2.28. The molecule has 0 unspecified atom stereocenters. The van der Waals surface area contributed by atoms with E-state index in [1.54, 1.807) is 11.3 Å². The Bertz CT molecular complexity index is 767. The fourth-order valence-corrected chi connectivity index (χ4v) is 3.45. The number of aromatic nitrogens is 1. The van der Waals surface area contributed by atoms with Gasteiger partial charge in [0, 0.05) is 13.6 Å². The molecule has 0 atom stereocenters. The number of hydrogen-bond acceptors (Lipinski definition) is 4. The van der Waals surface area contributed by atoms with Crippen molar-refractivity contribution in [2.75, 3.05) is 25.0 Å². The molecule has 4 nitrogen and oxygen atoms in total. The van der Waals surface area contributed by atoms with E-state index in [1.807, 2.05) is 54.4 Å². The number of rotatable bonds is 7. The van der Waals surface area contributed by atoms with Crippen LogP contribution in [0.2, 0.25) is 0 Å². The molecule has 1 aromatic heterocycles. The highest BCUT2D eigenvalue weighted by Crippen LogP contribution is 2.27. The average molecular weight is 339 g/mol. The summed E-state index contributed by atoms with van der Waals surface area (Å²) in [4.78, 5) is 18.5. The molecule has 0 fully saturated rings. The van der Waals surface area contributed by atoms with Crippen LogP contribution in [0, 0.1) is 0 Å². The summed E-state index contributed by atoms with van der Waals surface area (Å²) in [5.74, 6) is 0.0322. The number of thiazole rings is 1. The van der Waals surface area contributed by atoms with Crippen LogP contribution >= 0.6 is 11.3 Å². The number of carbonyl (C=O) groups excluding carboxylic acids is 1. The van der Waals surface area contributed by atoms with Gasteiger partial charge in [0.1, 0.15) is 0 Å². The second-order valence-electron chi connectivity index (χ2n) is 5.76. The zero-order valence-electron chi connectivity index (χ0n) is 13.7. The van der Waals surface area contributed by atoms with Gasteiger partial charge in [-0.2, -0.15) is 0 Å². The quantitative estimate of drug-likeness (QED) is 0.670. The molecule has 3 aromatic rings. The lowest BCUT2D eigenvalue weighted by atomic mass is 10.1. The van der Waals surface area contributed by atoms with Crippen molar-refractivity contribution in [1.82, 2.24) is 10.3 Å². The van der Waals surface area contributed by atoms with Gasteiger partial charge in [0.25, 0.3) is 0 Å². The Balaban J connectivity index is 1.44. The molecule has 3 rings (SSSR count). The number of benzene rings is 2. The first-order valence-corrected chi connectivity index (χ1v) is 8.91. The highest BCUT2D eigenvalue weighted by Gasteiger charge is 2.11. The van der Waals surface area contributed by atoms with Crippen molar-refractivity contribution in [2.45, 2.75) is 12.8 Å². The predicted octanol–water partition coefficient (Wildman–Crippen LogP) is 3.48. The van der Waals surface area contributed by atoms with Crippen molar-refractivity contribution in [3.63, 3.8) is 0 Å². The highest BCUT2D eigenvalue weighted by atomic mass is 32.1. The standard InChI is InChI=1S/C19H21N3OS/c1-22(19-21-16-11-5-6-12-17(16)24-19)14-18(23)20-13-7-10-15-8-3-2-4-9-15/h2-6,8-9,11-12H,7,10,13-14H2,1H3,(H,20,23). The minimum absolute atomic E-state index is 0.0322. The average Bonchev–Trinajstić information content (AvgIpc) is 3.04. The van der Waals surface area contributed by atoms with Gasteiger partial charge in [0.05, 0.1) is 16.8 Å². The van der Waals surface area contributed by atoms with Crippen LogP contribution in [-0.4, -0.2) is 31.0 Å². The maximum Gasteiger partial charge on any atom is 0.239 e. The Kier molecular flexibility index (Phi) is 5.43. The van der Waals surface area contributed by atoms with E-state index in [-0.39, 0.29) is 5.91 Å². The largest absolute Gasteiger partial charge is 0.355 e. The molecule has 0 bridgehead atoms. The second kappa shape index (κ2) is 7.93. The molecule has 124 valence electrons. The van der Waals surface area contributed by atoms with Crippen molar-refractivity contribution in [1.29, 1.82) is 0 Å². The fraction of sp³-hybridized carbons (Fsp3) is 0.263. The Morgan fingerprint density at radius 3 is 2.67 bits per heavy atom. The van der Waals surface area contributed by atoms with Crippen LogP contribution in [0.25, 0.3) is 10.2 Å². The van der Waals surface area contributed by atoms with Crippen LogP contribution in [0.1, 0.15) is 12.0 Å². The van der Waals surface area contributed by atoms with Gasteiger partial charge in [0.15, 0.2) is 5.13 Å². The summed E-state index contributed by atoms with van der Waals surface area (Å²) in [6.07, 6.45) is 1.93. The maximum atomic E-state index is 12.1. The number of para-hydroxylation sites is 1. The summed E-state index contributed by atoms with van der Waals surface area (Å²) in [7, 11) is 1.90. The number of fused-ring (bicyclic) bond motifs is 1. The van der Waals surface area contributed by atoms with Crippen LogP contribution in [0.4, 0.5) is 5.13 Å². The van der Waals surface area contributed by atoms with Crippen molar-refractivity contribution >= 4 is 32.6 Å². The third-order valence-corrected chi connectivity index (χ3v) is 4.95. The van der Waals surface area contributed by atoms with Gasteiger partial charge in [-0.25, -0.2) is 4.98 Å². The number of likely N-dealkylation sites (N-methyl/N-ethyl adjacent to an activating group) is 1. The molecule has 0 aliphatic carbocycles. The van der Waals surface area contributed by atoms with Crippen molar-refractivity contribution < 1.29 is 4.79 Å². The van der Waals surface area contributed by atoms with E-state index in [2.05, 4.69) is 22.4 Å². The Morgan fingerprint density at radius 2 is 1.88 bits per heavy atom. The van der Waals surface area contributed by atoms with Gasteiger partial charge >= 0.3 is 0 Å². The van der Waals surface area contributed by atoms with Crippen LogP contribution < -0.4 is 10.2 Å². The molecule has 5 heteroatoms. The lowest BCUT2D eigenvalue weighted by Gasteiger charge is -2.15. The summed E-state index contributed by atoms with van der Waals surface area (Å²) < 4.78 is 1.14. The third kappa shape index (κ3) is 4.32. The minimum atomic E-state index is 0.0322. The number of amides is 1. The molecule has 0 aliphatic heterocycles. The lowest BCUT2D eigenvalue weighted by Crippen LogP contribution is -2.35. The van der Waals surface area contributed by atoms with Gasteiger partial charge in [-0.1, -0.05) is 53.8 Å². The Morgan fingerprint density at radius 1 is 1.12 bits per heavy atom. The molecular weight excluding hydrogens is 318 g/mol. The van der Waals surface area contributed by atoms with Crippen molar-refractivity contribution in [3.05, 3.63) is 60.2 Å². The molecule has 0 saturated heterocycles. The van der Waals surface area contributed by atoms with Gasteiger partial charge in [0.2, 0.25) is 5.91 Å². The Labute approximate surface area is 146 Å². The summed E-state index contributed by atoms with van der Waals surface area (Å²) in [6, 6.07) is 18.4. The summed E-state index contributed by atoms with van der Waals surface area (Å²) in [6.45, 7) is 1.02. The SMILES string of the molecule is CN(CC(=O)NCCCc1ccccc1)c1nc2ccccc2s1. The topological polar surface area (TPSA) is 45.2 Å². The normalized spacial score (nSPS) is 10.7. The summed E-state index contributed by atoms with van der Waals surface area (Å²) in [5, 5.41) is 3.85. The van der Waals surface area contributed by atoms with E-state index in [1.165, 1.54) is 5.56 Å². The number of aryl methyl sites for hydroxylation is 1. The monoisotopic (exact) mass is 339 g/mol. The van der Waals surface area contributed by atoms with Gasteiger partial charge in [-0.3, -0.25) is 4.79 Å².